The van der Waals surface area contributed by atoms with Gasteiger partial charge < -0.3 is 10.1 Å². The molecule has 1 heterocycles. The maximum atomic E-state index is 5.06. The van der Waals surface area contributed by atoms with E-state index >= 15 is 0 Å². The Kier molecular flexibility index (Phi) is 4.54. The summed E-state index contributed by atoms with van der Waals surface area (Å²) in [6.45, 7) is 4.93. The van der Waals surface area contributed by atoms with Gasteiger partial charge in [-0.15, -0.1) is 11.3 Å². The molecule has 96 valence electrons. The molecule has 4 heteroatoms. The van der Waals surface area contributed by atoms with Gasteiger partial charge in [0, 0.05) is 37.7 Å². The van der Waals surface area contributed by atoms with Gasteiger partial charge in [-0.25, -0.2) is 4.98 Å². The smallest absolute Gasteiger partial charge is 0.0934 e. The Morgan fingerprint density at radius 2 is 2.35 bits per heavy atom. The molecular formula is C13H22N2OS. The highest BCUT2D eigenvalue weighted by Crippen LogP contribution is 2.43. The molecule has 0 aliphatic heterocycles. The predicted octanol–water partition coefficient (Wildman–Crippen LogP) is 2.40. The van der Waals surface area contributed by atoms with E-state index in [0.29, 0.717) is 5.41 Å². The van der Waals surface area contributed by atoms with Crippen molar-refractivity contribution in [3.05, 3.63) is 16.1 Å². The van der Waals surface area contributed by atoms with Gasteiger partial charge in [0.25, 0.3) is 0 Å². The lowest BCUT2D eigenvalue weighted by molar-refractivity contribution is 0.123. The lowest BCUT2D eigenvalue weighted by atomic mass is 9.66. The first-order valence-corrected chi connectivity index (χ1v) is 7.23. The summed E-state index contributed by atoms with van der Waals surface area (Å²) in [6, 6.07) is 0. The number of ether oxygens (including phenoxy) is 1. The van der Waals surface area contributed by atoms with Crippen LogP contribution < -0.4 is 5.32 Å². The molecule has 0 bridgehead atoms. The zero-order valence-electron chi connectivity index (χ0n) is 10.8. The molecule has 17 heavy (non-hydrogen) atoms. The Morgan fingerprint density at radius 1 is 1.53 bits per heavy atom. The van der Waals surface area contributed by atoms with Crippen LogP contribution in [0, 0.1) is 12.3 Å². The third-order valence-electron chi connectivity index (χ3n) is 3.59. The fourth-order valence-corrected chi connectivity index (χ4v) is 3.37. The molecule has 3 nitrogen and oxygen atoms in total. The van der Waals surface area contributed by atoms with Gasteiger partial charge in [-0.3, -0.25) is 0 Å². The second kappa shape index (κ2) is 5.94. The van der Waals surface area contributed by atoms with Gasteiger partial charge in [-0.05, 0) is 25.2 Å². The van der Waals surface area contributed by atoms with Gasteiger partial charge in [0.1, 0.15) is 0 Å². The molecule has 1 aromatic rings. The highest BCUT2D eigenvalue weighted by Gasteiger charge is 2.37. The normalized spacial score (nSPS) is 18.0. The lowest BCUT2D eigenvalue weighted by Crippen LogP contribution is -2.42. The minimum Gasteiger partial charge on any atom is -0.383 e. The Balaban J connectivity index is 1.82. The summed E-state index contributed by atoms with van der Waals surface area (Å²) in [5, 5.41) is 6.96. The van der Waals surface area contributed by atoms with Crippen molar-refractivity contribution in [3.8, 4) is 0 Å². The maximum absolute atomic E-state index is 5.06. The second-order valence-corrected chi connectivity index (χ2v) is 6.03. The Bertz CT molecular complexity index is 347. The fraction of sp³-hybridized carbons (Fsp3) is 0.769. The highest BCUT2D eigenvalue weighted by molar-refractivity contribution is 7.09. The van der Waals surface area contributed by atoms with Crippen LogP contribution in [0.15, 0.2) is 5.38 Å². The van der Waals surface area contributed by atoms with Crippen molar-refractivity contribution in [2.45, 2.75) is 32.6 Å². The highest BCUT2D eigenvalue weighted by atomic mass is 32.1. The van der Waals surface area contributed by atoms with Crippen molar-refractivity contribution >= 4 is 11.3 Å². The number of aryl methyl sites for hydroxylation is 1. The number of nitrogens with one attached hydrogen (secondary N) is 1. The average molecular weight is 254 g/mol. The first-order chi connectivity index (χ1) is 8.24. The minimum absolute atomic E-state index is 0.470. The van der Waals surface area contributed by atoms with Crippen LogP contribution in [0.3, 0.4) is 0 Å². The van der Waals surface area contributed by atoms with Crippen molar-refractivity contribution in [1.29, 1.82) is 0 Å². The van der Waals surface area contributed by atoms with E-state index in [2.05, 4.69) is 22.6 Å². The summed E-state index contributed by atoms with van der Waals surface area (Å²) in [4.78, 5) is 4.59. The van der Waals surface area contributed by atoms with E-state index in [1.807, 2.05) is 0 Å². The van der Waals surface area contributed by atoms with Gasteiger partial charge in [-0.2, -0.15) is 0 Å². The molecule has 1 fully saturated rings. The number of hydrogen-bond acceptors (Lipinski definition) is 4. The Hall–Kier alpha value is -0.450. The molecule has 2 rings (SSSR count). The van der Waals surface area contributed by atoms with E-state index in [9.17, 15) is 0 Å². The lowest BCUT2D eigenvalue weighted by Gasteiger charge is -2.41. The summed E-state index contributed by atoms with van der Waals surface area (Å²) in [5.74, 6) is 0. The molecule has 0 spiro atoms. The van der Waals surface area contributed by atoms with Crippen LogP contribution in [0.2, 0.25) is 0 Å². The summed E-state index contributed by atoms with van der Waals surface area (Å²) in [6.07, 6.45) is 5.19. The average Bonchev–Trinajstić information content (AvgIpc) is 2.66. The topological polar surface area (TPSA) is 34.1 Å². The van der Waals surface area contributed by atoms with Crippen LogP contribution in [0.25, 0.3) is 0 Å². The number of aromatic nitrogens is 1. The first kappa shape index (κ1) is 13.0. The number of hydrogen-bond donors (Lipinski definition) is 1. The second-order valence-electron chi connectivity index (χ2n) is 5.08. The van der Waals surface area contributed by atoms with Crippen LogP contribution >= 0.6 is 11.3 Å². The number of thiazole rings is 1. The third kappa shape index (κ3) is 3.50. The van der Waals surface area contributed by atoms with Crippen molar-refractivity contribution in [2.24, 2.45) is 5.41 Å². The van der Waals surface area contributed by atoms with Crippen LogP contribution in [0.1, 0.15) is 30.0 Å². The standard InChI is InChI=1S/C13H22N2OS/c1-11-9-17-12(15-11)8-13(4-3-5-13)10-14-6-7-16-2/h9,14H,3-8,10H2,1-2H3. The molecule has 1 aliphatic carbocycles. The Morgan fingerprint density at radius 3 is 2.88 bits per heavy atom. The number of rotatable bonds is 7. The van der Waals surface area contributed by atoms with Gasteiger partial charge in [0.05, 0.1) is 11.6 Å². The number of nitrogens with zero attached hydrogens (tertiary/aromatic N) is 1. The van der Waals surface area contributed by atoms with Gasteiger partial charge in [0.2, 0.25) is 0 Å². The zero-order valence-corrected chi connectivity index (χ0v) is 11.6. The van der Waals surface area contributed by atoms with Crippen LogP contribution in [-0.2, 0) is 11.2 Å². The van der Waals surface area contributed by atoms with Crippen LogP contribution in [0.4, 0.5) is 0 Å². The molecule has 0 aromatic carbocycles. The number of methoxy groups -OCH3 is 1. The van der Waals surface area contributed by atoms with Gasteiger partial charge in [0.15, 0.2) is 0 Å². The molecule has 0 radical (unpaired) electrons. The quantitative estimate of drug-likeness (QED) is 0.759. The molecular weight excluding hydrogens is 232 g/mol. The maximum Gasteiger partial charge on any atom is 0.0934 e. The Labute approximate surface area is 108 Å². The summed E-state index contributed by atoms with van der Waals surface area (Å²) in [7, 11) is 1.75. The van der Waals surface area contributed by atoms with Crippen molar-refractivity contribution in [2.75, 3.05) is 26.8 Å². The van der Waals surface area contributed by atoms with Gasteiger partial charge in [-0.1, -0.05) is 6.42 Å². The van der Waals surface area contributed by atoms with Crippen LogP contribution in [0.5, 0.6) is 0 Å². The van der Waals surface area contributed by atoms with Gasteiger partial charge >= 0.3 is 0 Å². The van der Waals surface area contributed by atoms with E-state index in [1.165, 1.54) is 24.3 Å². The molecule has 0 saturated heterocycles. The molecule has 0 amide bonds. The SMILES string of the molecule is COCCNCC1(Cc2nc(C)cs2)CCC1. The third-order valence-corrected chi connectivity index (χ3v) is 4.56. The minimum atomic E-state index is 0.470. The van der Waals surface area contributed by atoms with Crippen LogP contribution in [-0.4, -0.2) is 31.8 Å². The zero-order chi connectivity index (χ0) is 12.1. The summed E-state index contributed by atoms with van der Waals surface area (Å²) < 4.78 is 5.06. The van der Waals surface area contributed by atoms with E-state index in [1.54, 1.807) is 18.4 Å². The van der Waals surface area contributed by atoms with Crippen molar-refractivity contribution < 1.29 is 4.74 Å². The first-order valence-electron chi connectivity index (χ1n) is 6.35. The largest absolute Gasteiger partial charge is 0.383 e. The molecule has 0 atom stereocenters. The summed E-state index contributed by atoms with van der Waals surface area (Å²) in [5.41, 5.74) is 1.63. The van der Waals surface area contributed by atoms with E-state index < -0.39 is 0 Å². The summed E-state index contributed by atoms with van der Waals surface area (Å²) >= 11 is 1.81. The molecule has 0 unspecified atom stereocenters. The van der Waals surface area contributed by atoms with Crippen molar-refractivity contribution in [3.63, 3.8) is 0 Å². The predicted molar refractivity (Wildman–Crippen MR) is 71.6 cm³/mol. The van der Waals surface area contributed by atoms with E-state index in [4.69, 9.17) is 4.74 Å². The fourth-order valence-electron chi connectivity index (χ4n) is 2.43. The molecule has 1 N–H and O–H groups in total. The molecule has 1 aliphatic rings. The monoisotopic (exact) mass is 254 g/mol. The van der Waals surface area contributed by atoms with Crippen molar-refractivity contribution in [1.82, 2.24) is 10.3 Å². The van der Waals surface area contributed by atoms with E-state index in [0.717, 1.165) is 31.8 Å². The van der Waals surface area contributed by atoms with E-state index in [-0.39, 0.29) is 0 Å². The molecule has 1 aromatic heterocycles. The molecule has 1 saturated carbocycles.